The highest BCUT2D eigenvalue weighted by molar-refractivity contribution is 6.30. The quantitative estimate of drug-likeness (QED) is 0.742. The maximum atomic E-state index is 12.6. The topological polar surface area (TPSA) is 79.0 Å². The molecule has 2 aromatic carbocycles. The summed E-state index contributed by atoms with van der Waals surface area (Å²) in [5.41, 5.74) is 3.12. The van der Waals surface area contributed by atoms with Gasteiger partial charge in [-0.2, -0.15) is 0 Å². The van der Waals surface area contributed by atoms with E-state index in [2.05, 4.69) is 5.32 Å². The van der Waals surface area contributed by atoms with Crippen molar-refractivity contribution in [2.45, 2.75) is 13.0 Å². The number of halogens is 1. The first-order chi connectivity index (χ1) is 14.5. The first-order valence-electron chi connectivity index (χ1n) is 9.82. The molecule has 0 bridgehead atoms. The second-order valence-corrected chi connectivity index (χ2v) is 7.90. The van der Waals surface area contributed by atoms with Crippen molar-refractivity contribution in [3.63, 3.8) is 0 Å². The number of hydrogen-bond acceptors (Lipinski definition) is 5. The summed E-state index contributed by atoms with van der Waals surface area (Å²) in [6.45, 7) is 2.71. The third kappa shape index (κ3) is 4.80. The highest BCUT2D eigenvalue weighted by Gasteiger charge is 2.25. The zero-order chi connectivity index (χ0) is 21.1. The molecule has 2 amide bonds. The van der Waals surface area contributed by atoms with Crippen LogP contribution in [0.5, 0.6) is 0 Å². The Hall–Kier alpha value is -2.90. The van der Waals surface area contributed by atoms with Gasteiger partial charge >= 0.3 is 6.09 Å². The second kappa shape index (κ2) is 8.85. The molecule has 2 aromatic rings. The van der Waals surface area contributed by atoms with Gasteiger partial charge in [0.05, 0.1) is 13.0 Å². The molecule has 0 spiro atoms. The number of carbonyl (C=O) groups excluding carboxylic acids is 3. The van der Waals surface area contributed by atoms with Gasteiger partial charge in [-0.1, -0.05) is 23.7 Å². The highest BCUT2D eigenvalue weighted by atomic mass is 35.5. The van der Waals surface area contributed by atoms with Crippen LogP contribution in [0.1, 0.15) is 21.5 Å². The van der Waals surface area contributed by atoms with Crippen LogP contribution in [0.4, 0.5) is 10.5 Å². The number of amides is 2. The number of anilines is 1. The molecule has 0 saturated carbocycles. The summed E-state index contributed by atoms with van der Waals surface area (Å²) in [7, 11) is 0. The van der Waals surface area contributed by atoms with Gasteiger partial charge in [0.2, 0.25) is 5.91 Å². The number of fused-ring (bicyclic) bond motifs is 1. The molecule has 1 fully saturated rings. The number of nitrogens with zero attached hydrogens (tertiary/aromatic N) is 2. The van der Waals surface area contributed by atoms with Crippen LogP contribution in [-0.2, 0) is 22.6 Å². The average Bonchev–Trinajstić information content (AvgIpc) is 3.12. The Balaban J connectivity index is 1.24. The number of Topliss-reactive ketones (excluding diaryl/α,β-unsaturated/α-hetero) is 1. The van der Waals surface area contributed by atoms with E-state index in [0.29, 0.717) is 43.2 Å². The molecule has 156 valence electrons. The monoisotopic (exact) mass is 427 g/mol. The minimum absolute atomic E-state index is 0.0101. The van der Waals surface area contributed by atoms with Gasteiger partial charge in [0.15, 0.2) is 5.78 Å². The second-order valence-electron chi connectivity index (χ2n) is 7.46. The molecule has 2 aliphatic rings. The largest absolute Gasteiger partial charge is 0.445 e. The maximum Gasteiger partial charge on any atom is 0.410 e. The van der Waals surface area contributed by atoms with Gasteiger partial charge in [-0.3, -0.25) is 14.5 Å². The van der Waals surface area contributed by atoms with Crippen LogP contribution in [0.3, 0.4) is 0 Å². The number of benzene rings is 2. The Kier molecular flexibility index (Phi) is 6.01. The van der Waals surface area contributed by atoms with E-state index in [1.54, 1.807) is 35.2 Å². The van der Waals surface area contributed by atoms with Crippen LogP contribution < -0.4 is 5.32 Å². The molecule has 8 heteroatoms. The van der Waals surface area contributed by atoms with Crippen LogP contribution in [-0.4, -0.2) is 60.3 Å². The lowest BCUT2D eigenvalue weighted by Crippen LogP contribution is -2.50. The van der Waals surface area contributed by atoms with Crippen molar-refractivity contribution in [2.24, 2.45) is 0 Å². The lowest BCUT2D eigenvalue weighted by molar-refractivity contribution is -0.115. The van der Waals surface area contributed by atoms with Gasteiger partial charge in [-0.05, 0) is 41.5 Å². The van der Waals surface area contributed by atoms with Crippen molar-refractivity contribution in [1.29, 1.82) is 0 Å². The predicted octanol–water partition coefficient (Wildman–Crippen LogP) is 2.97. The summed E-state index contributed by atoms with van der Waals surface area (Å²) >= 11 is 5.85. The van der Waals surface area contributed by atoms with Crippen molar-refractivity contribution >= 4 is 35.1 Å². The van der Waals surface area contributed by atoms with E-state index in [-0.39, 0.29) is 30.9 Å². The predicted molar refractivity (Wildman–Crippen MR) is 113 cm³/mol. The third-order valence-corrected chi connectivity index (χ3v) is 5.58. The SMILES string of the molecule is O=C1Cc2cc(C(=O)CN3CCN(C(=O)OCc4ccc(Cl)cc4)CC3)ccc2N1. The summed E-state index contributed by atoms with van der Waals surface area (Å²) in [6.07, 6.45) is -0.0421. The zero-order valence-corrected chi connectivity index (χ0v) is 17.2. The van der Waals surface area contributed by atoms with Gasteiger partial charge < -0.3 is 15.0 Å². The molecule has 2 aliphatic heterocycles. The van der Waals surface area contributed by atoms with Crippen molar-refractivity contribution < 1.29 is 19.1 Å². The van der Waals surface area contributed by atoms with Crippen molar-refractivity contribution in [1.82, 2.24) is 9.80 Å². The summed E-state index contributed by atoms with van der Waals surface area (Å²) in [4.78, 5) is 40.1. The molecule has 1 saturated heterocycles. The molecule has 2 heterocycles. The smallest absolute Gasteiger partial charge is 0.410 e. The van der Waals surface area contributed by atoms with Gasteiger partial charge in [0.1, 0.15) is 6.61 Å². The third-order valence-electron chi connectivity index (χ3n) is 5.33. The lowest BCUT2D eigenvalue weighted by atomic mass is 10.0. The molecular formula is C22H22ClN3O4. The Morgan fingerprint density at radius 2 is 1.77 bits per heavy atom. The fourth-order valence-corrected chi connectivity index (χ4v) is 3.73. The first-order valence-corrected chi connectivity index (χ1v) is 10.2. The van der Waals surface area contributed by atoms with Crippen LogP contribution >= 0.6 is 11.6 Å². The Bertz CT molecular complexity index is 969. The van der Waals surface area contributed by atoms with Gasteiger partial charge in [-0.15, -0.1) is 0 Å². The molecule has 0 unspecified atom stereocenters. The van der Waals surface area contributed by atoms with Crippen LogP contribution in [0, 0.1) is 0 Å². The van der Waals surface area contributed by atoms with Crippen molar-refractivity contribution in [2.75, 3.05) is 38.0 Å². The minimum atomic E-state index is -0.355. The van der Waals surface area contributed by atoms with Crippen LogP contribution in [0.15, 0.2) is 42.5 Å². The molecule has 0 radical (unpaired) electrons. The van der Waals surface area contributed by atoms with E-state index >= 15 is 0 Å². The molecule has 7 nitrogen and oxygen atoms in total. The Morgan fingerprint density at radius 1 is 1.03 bits per heavy atom. The number of carbonyl (C=O) groups is 3. The average molecular weight is 428 g/mol. The highest BCUT2D eigenvalue weighted by Crippen LogP contribution is 2.24. The van der Waals surface area contributed by atoms with Crippen molar-refractivity contribution in [3.05, 3.63) is 64.2 Å². The molecule has 0 aromatic heterocycles. The summed E-state index contributed by atoms with van der Waals surface area (Å²) < 4.78 is 5.37. The maximum absolute atomic E-state index is 12.6. The molecular weight excluding hydrogens is 406 g/mol. The summed E-state index contributed by atoms with van der Waals surface area (Å²) in [5, 5.41) is 3.41. The van der Waals surface area contributed by atoms with E-state index in [1.165, 1.54) is 0 Å². The number of nitrogens with one attached hydrogen (secondary N) is 1. The van der Waals surface area contributed by atoms with E-state index in [9.17, 15) is 14.4 Å². The van der Waals surface area contributed by atoms with E-state index in [4.69, 9.17) is 16.3 Å². The van der Waals surface area contributed by atoms with Crippen LogP contribution in [0.2, 0.25) is 5.02 Å². The zero-order valence-electron chi connectivity index (χ0n) is 16.4. The number of ketones is 1. The minimum Gasteiger partial charge on any atom is -0.445 e. The standard InChI is InChI=1S/C22H22ClN3O4/c23-18-4-1-15(2-5-18)14-30-22(29)26-9-7-25(8-10-26)13-20(27)16-3-6-19-17(11-16)12-21(28)24-19/h1-6,11H,7-10,12-14H2,(H,24,28). The number of rotatable bonds is 5. The van der Waals surface area contributed by atoms with Crippen molar-refractivity contribution in [3.8, 4) is 0 Å². The fraction of sp³-hybridized carbons (Fsp3) is 0.318. The van der Waals surface area contributed by atoms with E-state index in [1.807, 2.05) is 17.0 Å². The summed E-state index contributed by atoms with van der Waals surface area (Å²) in [6, 6.07) is 12.5. The molecule has 30 heavy (non-hydrogen) atoms. The number of ether oxygens (including phenoxy) is 1. The molecule has 0 aliphatic carbocycles. The molecule has 4 rings (SSSR count). The first kappa shape index (κ1) is 20.4. The molecule has 0 atom stereocenters. The normalized spacial score (nSPS) is 16.2. The Labute approximate surface area is 179 Å². The van der Waals surface area contributed by atoms with E-state index in [0.717, 1.165) is 16.8 Å². The van der Waals surface area contributed by atoms with Gasteiger partial charge in [-0.25, -0.2) is 4.79 Å². The summed E-state index contributed by atoms with van der Waals surface area (Å²) in [5.74, 6) is -0.0374. The van der Waals surface area contributed by atoms with Gasteiger partial charge in [0.25, 0.3) is 0 Å². The van der Waals surface area contributed by atoms with Gasteiger partial charge in [0, 0.05) is 42.5 Å². The van der Waals surface area contributed by atoms with E-state index < -0.39 is 0 Å². The lowest BCUT2D eigenvalue weighted by Gasteiger charge is -2.33. The number of piperazine rings is 1. The Morgan fingerprint density at radius 3 is 2.50 bits per heavy atom. The fourth-order valence-electron chi connectivity index (χ4n) is 3.60. The molecule has 1 N–H and O–H groups in total. The number of hydrogen-bond donors (Lipinski definition) is 1. The van der Waals surface area contributed by atoms with Crippen LogP contribution in [0.25, 0.3) is 0 Å².